The van der Waals surface area contributed by atoms with Gasteiger partial charge in [-0.15, -0.1) is 11.6 Å². The molecule has 2 fully saturated rings. The topological polar surface area (TPSA) is 3.24 Å². The molecule has 2 bridgehead atoms. The van der Waals surface area contributed by atoms with Gasteiger partial charge < -0.3 is 4.90 Å². The van der Waals surface area contributed by atoms with Crippen LogP contribution in [0.15, 0.2) is 0 Å². The van der Waals surface area contributed by atoms with Gasteiger partial charge in [-0.1, -0.05) is 0 Å². The van der Waals surface area contributed by atoms with E-state index in [2.05, 4.69) is 11.9 Å². The van der Waals surface area contributed by atoms with E-state index < -0.39 is 0 Å². The lowest BCUT2D eigenvalue weighted by atomic mass is 9.93. The predicted octanol–water partition coefficient (Wildman–Crippen LogP) is 2.10. The van der Waals surface area contributed by atoms with Gasteiger partial charge in [-0.2, -0.15) is 0 Å². The summed E-state index contributed by atoms with van der Waals surface area (Å²) in [6, 6.07) is 1.72. The molecule has 0 N–H and O–H groups in total. The second-order valence-corrected chi connectivity index (χ2v) is 4.35. The van der Waals surface area contributed by atoms with Crippen LogP contribution in [0.4, 0.5) is 0 Å². The van der Waals surface area contributed by atoms with Crippen molar-refractivity contribution in [3.63, 3.8) is 0 Å². The van der Waals surface area contributed by atoms with Gasteiger partial charge in [-0.25, -0.2) is 0 Å². The zero-order valence-corrected chi connectivity index (χ0v) is 7.85. The minimum Gasteiger partial charge on any atom is -0.300 e. The van der Waals surface area contributed by atoms with E-state index in [1.165, 1.54) is 25.7 Å². The normalized spacial score (nSPS) is 44.7. The molecule has 0 aromatic rings. The molecule has 0 spiro atoms. The first-order valence-electron chi connectivity index (χ1n) is 4.59. The fourth-order valence-electron chi connectivity index (χ4n) is 2.65. The summed E-state index contributed by atoms with van der Waals surface area (Å²) in [5.41, 5.74) is 0. The molecule has 0 saturated carbocycles. The first kappa shape index (κ1) is 7.88. The Morgan fingerprint density at radius 2 is 1.82 bits per heavy atom. The molecule has 2 rings (SSSR count). The minimum atomic E-state index is 0.811. The lowest BCUT2D eigenvalue weighted by molar-refractivity contribution is 0.143. The van der Waals surface area contributed by atoms with E-state index in [0.717, 1.165) is 23.9 Å². The van der Waals surface area contributed by atoms with Crippen molar-refractivity contribution in [3.05, 3.63) is 0 Å². The third kappa shape index (κ3) is 1.29. The molecule has 2 aliphatic heterocycles. The Kier molecular flexibility index (Phi) is 2.11. The number of hydrogen-bond acceptors (Lipinski definition) is 1. The largest absolute Gasteiger partial charge is 0.300 e. The molecule has 2 heteroatoms. The van der Waals surface area contributed by atoms with Crippen molar-refractivity contribution in [2.24, 2.45) is 5.92 Å². The van der Waals surface area contributed by atoms with E-state index in [9.17, 15) is 0 Å². The number of fused-ring (bicyclic) bond motifs is 2. The zero-order valence-electron chi connectivity index (χ0n) is 7.09. The molecule has 0 aliphatic carbocycles. The molecule has 11 heavy (non-hydrogen) atoms. The molecule has 2 heterocycles. The molecule has 2 unspecified atom stereocenters. The minimum absolute atomic E-state index is 0.811. The summed E-state index contributed by atoms with van der Waals surface area (Å²) in [5, 5.41) is 0. The SMILES string of the molecule is CN1C2CCC1CC(CCl)C2. The maximum atomic E-state index is 5.87. The number of alkyl halides is 1. The molecule has 2 saturated heterocycles. The van der Waals surface area contributed by atoms with Gasteiger partial charge in [0, 0.05) is 18.0 Å². The van der Waals surface area contributed by atoms with Crippen molar-refractivity contribution in [2.45, 2.75) is 37.8 Å². The molecule has 0 radical (unpaired) electrons. The van der Waals surface area contributed by atoms with Crippen LogP contribution >= 0.6 is 11.6 Å². The highest BCUT2D eigenvalue weighted by Gasteiger charge is 2.37. The van der Waals surface area contributed by atoms with Crippen molar-refractivity contribution in [1.29, 1.82) is 0 Å². The van der Waals surface area contributed by atoms with Crippen LogP contribution < -0.4 is 0 Å². The van der Waals surface area contributed by atoms with Crippen molar-refractivity contribution in [3.8, 4) is 0 Å². The molecule has 2 atom stereocenters. The van der Waals surface area contributed by atoms with Crippen LogP contribution in [0.5, 0.6) is 0 Å². The standard InChI is InChI=1S/C9H16ClN/c1-11-8-2-3-9(11)5-7(4-8)6-10/h7-9H,2-6H2,1H3. The summed E-state index contributed by atoms with van der Waals surface area (Å²) in [4.78, 5) is 2.56. The average Bonchev–Trinajstić information content (AvgIpc) is 2.26. The van der Waals surface area contributed by atoms with E-state index >= 15 is 0 Å². The molecular formula is C9H16ClN. The predicted molar refractivity (Wildman–Crippen MR) is 48.0 cm³/mol. The second-order valence-electron chi connectivity index (χ2n) is 4.04. The maximum Gasteiger partial charge on any atom is 0.0252 e. The smallest absolute Gasteiger partial charge is 0.0252 e. The van der Waals surface area contributed by atoms with Crippen LogP contribution in [0.2, 0.25) is 0 Å². The van der Waals surface area contributed by atoms with Crippen molar-refractivity contribution >= 4 is 11.6 Å². The number of rotatable bonds is 1. The number of hydrogen-bond donors (Lipinski definition) is 0. The van der Waals surface area contributed by atoms with Gasteiger partial charge in [0.15, 0.2) is 0 Å². The van der Waals surface area contributed by atoms with E-state index in [1.54, 1.807) is 0 Å². The first-order chi connectivity index (χ1) is 5.31. The third-order valence-corrected chi connectivity index (χ3v) is 3.85. The van der Waals surface area contributed by atoms with Crippen LogP contribution in [0.1, 0.15) is 25.7 Å². The molecule has 0 aromatic heterocycles. The fraction of sp³-hybridized carbons (Fsp3) is 1.00. The van der Waals surface area contributed by atoms with Crippen molar-refractivity contribution in [1.82, 2.24) is 4.90 Å². The lowest BCUT2D eigenvalue weighted by Crippen LogP contribution is -2.40. The van der Waals surface area contributed by atoms with Crippen LogP contribution in [-0.4, -0.2) is 29.9 Å². The van der Waals surface area contributed by atoms with E-state index in [4.69, 9.17) is 11.6 Å². The van der Waals surface area contributed by atoms with Gasteiger partial charge in [0.25, 0.3) is 0 Å². The summed E-state index contributed by atoms with van der Waals surface area (Å²) in [7, 11) is 2.27. The number of nitrogens with zero attached hydrogens (tertiary/aromatic N) is 1. The molecular weight excluding hydrogens is 158 g/mol. The van der Waals surface area contributed by atoms with Gasteiger partial charge in [0.1, 0.15) is 0 Å². The summed E-state index contributed by atoms with van der Waals surface area (Å²) < 4.78 is 0. The Labute approximate surface area is 73.7 Å². The molecule has 64 valence electrons. The van der Waals surface area contributed by atoms with Gasteiger partial charge in [-0.3, -0.25) is 0 Å². The van der Waals surface area contributed by atoms with E-state index in [-0.39, 0.29) is 0 Å². The maximum absolute atomic E-state index is 5.87. The molecule has 2 aliphatic rings. The van der Waals surface area contributed by atoms with Gasteiger partial charge in [0.05, 0.1) is 0 Å². The third-order valence-electron chi connectivity index (χ3n) is 3.41. The van der Waals surface area contributed by atoms with Crippen LogP contribution in [0, 0.1) is 5.92 Å². The Morgan fingerprint density at radius 1 is 1.27 bits per heavy atom. The number of halogens is 1. The van der Waals surface area contributed by atoms with Crippen LogP contribution in [0.3, 0.4) is 0 Å². The molecule has 0 amide bonds. The highest BCUT2D eigenvalue weighted by atomic mass is 35.5. The Hall–Kier alpha value is 0.250. The average molecular weight is 174 g/mol. The second kappa shape index (κ2) is 2.95. The highest BCUT2D eigenvalue weighted by molar-refractivity contribution is 6.18. The van der Waals surface area contributed by atoms with Crippen LogP contribution in [-0.2, 0) is 0 Å². The van der Waals surface area contributed by atoms with Crippen LogP contribution in [0.25, 0.3) is 0 Å². The monoisotopic (exact) mass is 173 g/mol. The summed E-state index contributed by atoms with van der Waals surface area (Å²) >= 11 is 5.87. The zero-order chi connectivity index (χ0) is 7.84. The number of piperidine rings is 1. The van der Waals surface area contributed by atoms with E-state index in [1.807, 2.05) is 0 Å². The molecule has 1 nitrogen and oxygen atoms in total. The fourth-order valence-corrected chi connectivity index (χ4v) is 2.90. The van der Waals surface area contributed by atoms with Gasteiger partial charge >= 0.3 is 0 Å². The van der Waals surface area contributed by atoms with Gasteiger partial charge in [0.2, 0.25) is 0 Å². The quantitative estimate of drug-likeness (QED) is 0.549. The van der Waals surface area contributed by atoms with Crippen molar-refractivity contribution in [2.75, 3.05) is 12.9 Å². The summed E-state index contributed by atoms with van der Waals surface area (Å²) in [6.07, 6.45) is 5.51. The Balaban J connectivity index is 2.02. The van der Waals surface area contributed by atoms with Gasteiger partial charge in [-0.05, 0) is 38.6 Å². The summed E-state index contributed by atoms with van der Waals surface area (Å²) in [6.45, 7) is 0. The highest BCUT2D eigenvalue weighted by Crippen LogP contribution is 2.37. The summed E-state index contributed by atoms with van der Waals surface area (Å²) in [5.74, 6) is 1.69. The Bertz CT molecular complexity index is 134. The lowest BCUT2D eigenvalue weighted by Gasteiger charge is -2.35. The Morgan fingerprint density at radius 3 is 2.27 bits per heavy atom. The first-order valence-corrected chi connectivity index (χ1v) is 5.12. The molecule has 0 aromatic carbocycles. The van der Waals surface area contributed by atoms with Crippen molar-refractivity contribution < 1.29 is 0 Å². The van der Waals surface area contributed by atoms with E-state index in [0.29, 0.717) is 0 Å².